The second-order valence-electron chi connectivity index (χ2n) is 5.68. The van der Waals surface area contributed by atoms with Crippen molar-refractivity contribution in [2.24, 2.45) is 17.6 Å². The molecule has 2 fully saturated rings. The van der Waals surface area contributed by atoms with Crippen LogP contribution in [0.4, 0.5) is 8.78 Å². The zero-order valence-electron chi connectivity index (χ0n) is 11.1. The molecule has 1 saturated carbocycles. The monoisotopic (exact) mass is 380 g/mol. The molecular weight excluding hydrogens is 366 g/mol. The number of halogens is 3. The van der Waals surface area contributed by atoms with E-state index in [-0.39, 0.29) is 28.9 Å². The summed E-state index contributed by atoms with van der Waals surface area (Å²) in [6.45, 7) is 0.614. The van der Waals surface area contributed by atoms with Crippen molar-refractivity contribution in [2.45, 2.75) is 23.8 Å². The van der Waals surface area contributed by atoms with E-state index in [1.165, 1.54) is 4.31 Å². The molecular formula is C13H15BrF2N2O2S. The number of rotatable bonds is 2. The third-order valence-electron chi connectivity index (χ3n) is 4.47. The van der Waals surface area contributed by atoms with E-state index in [1.54, 1.807) is 0 Å². The van der Waals surface area contributed by atoms with Gasteiger partial charge in [0.25, 0.3) is 0 Å². The molecule has 3 unspecified atom stereocenters. The predicted molar refractivity (Wildman–Crippen MR) is 77.0 cm³/mol. The summed E-state index contributed by atoms with van der Waals surface area (Å²) < 4.78 is 53.6. The van der Waals surface area contributed by atoms with Gasteiger partial charge < -0.3 is 5.73 Å². The number of nitrogens with two attached hydrogens (primary N) is 1. The highest BCUT2D eigenvalue weighted by Gasteiger charge is 2.45. The van der Waals surface area contributed by atoms with Crippen molar-refractivity contribution in [3.63, 3.8) is 0 Å². The van der Waals surface area contributed by atoms with Crippen molar-refractivity contribution in [1.29, 1.82) is 0 Å². The number of nitrogens with zero attached hydrogens (tertiary/aromatic N) is 1. The Kier molecular flexibility index (Phi) is 3.84. The molecule has 2 N–H and O–H groups in total. The van der Waals surface area contributed by atoms with Gasteiger partial charge in [-0.25, -0.2) is 17.2 Å². The van der Waals surface area contributed by atoms with E-state index in [0.717, 1.165) is 25.0 Å². The topological polar surface area (TPSA) is 63.4 Å². The van der Waals surface area contributed by atoms with Gasteiger partial charge >= 0.3 is 0 Å². The van der Waals surface area contributed by atoms with Gasteiger partial charge in [0, 0.05) is 19.1 Å². The summed E-state index contributed by atoms with van der Waals surface area (Å²) in [4.78, 5) is -0.614. The van der Waals surface area contributed by atoms with E-state index in [1.807, 2.05) is 0 Å². The molecule has 1 aromatic rings. The van der Waals surface area contributed by atoms with Gasteiger partial charge in [-0.2, -0.15) is 4.31 Å². The van der Waals surface area contributed by atoms with E-state index in [2.05, 4.69) is 15.9 Å². The highest BCUT2D eigenvalue weighted by Crippen LogP contribution is 2.39. The molecule has 1 heterocycles. The Hall–Kier alpha value is -0.570. The summed E-state index contributed by atoms with van der Waals surface area (Å²) in [5, 5.41) is 0. The molecule has 3 rings (SSSR count). The highest BCUT2D eigenvalue weighted by molar-refractivity contribution is 9.10. The zero-order valence-corrected chi connectivity index (χ0v) is 13.5. The fourth-order valence-corrected chi connectivity index (χ4v) is 5.21. The van der Waals surface area contributed by atoms with E-state index in [4.69, 9.17) is 5.73 Å². The van der Waals surface area contributed by atoms with Gasteiger partial charge in [-0.1, -0.05) is 0 Å². The number of fused-ring (bicyclic) bond motifs is 1. The number of hydrogen-bond acceptors (Lipinski definition) is 3. The minimum atomic E-state index is -4.03. The van der Waals surface area contributed by atoms with Crippen molar-refractivity contribution in [3.05, 3.63) is 28.2 Å². The number of sulfonamides is 1. The first kappa shape index (κ1) is 15.3. The maximum atomic E-state index is 13.9. The van der Waals surface area contributed by atoms with Crippen molar-refractivity contribution in [1.82, 2.24) is 4.31 Å². The molecule has 21 heavy (non-hydrogen) atoms. The smallest absolute Gasteiger partial charge is 0.246 e. The largest absolute Gasteiger partial charge is 0.327 e. The van der Waals surface area contributed by atoms with Gasteiger partial charge in [-0.15, -0.1) is 0 Å². The van der Waals surface area contributed by atoms with Crippen LogP contribution in [0.5, 0.6) is 0 Å². The van der Waals surface area contributed by atoms with Gasteiger partial charge in [0.15, 0.2) is 0 Å². The second-order valence-corrected chi connectivity index (χ2v) is 8.44. The molecule has 8 heteroatoms. The van der Waals surface area contributed by atoms with Crippen LogP contribution in [0.1, 0.15) is 12.8 Å². The Morgan fingerprint density at radius 3 is 2.57 bits per heavy atom. The first-order chi connectivity index (χ1) is 9.80. The van der Waals surface area contributed by atoms with Crippen LogP contribution in [0.25, 0.3) is 0 Å². The fraction of sp³-hybridized carbons (Fsp3) is 0.538. The van der Waals surface area contributed by atoms with Gasteiger partial charge in [-0.05, 0) is 52.7 Å². The average Bonchev–Trinajstić information content (AvgIpc) is 2.97. The molecule has 0 amide bonds. The fourth-order valence-electron chi connectivity index (χ4n) is 3.30. The summed E-state index contributed by atoms with van der Waals surface area (Å²) in [7, 11) is -4.03. The molecule has 1 aliphatic carbocycles. The molecule has 116 valence electrons. The summed E-state index contributed by atoms with van der Waals surface area (Å²) in [5.41, 5.74) is 5.98. The van der Waals surface area contributed by atoms with Crippen LogP contribution >= 0.6 is 15.9 Å². The third-order valence-corrected chi connectivity index (χ3v) is 6.93. The molecule has 0 spiro atoms. The van der Waals surface area contributed by atoms with Gasteiger partial charge in [0.2, 0.25) is 10.0 Å². The highest BCUT2D eigenvalue weighted by atomic mass is 79.9. The minimum Gasteiger partial charge on any atom is -0.327 e. The van der Waals surface area contributed by atoms with Gasteiger partial charge in [0.05, 0.1) is 4.47 Å². The first-order valence-corrected chi connectivity index (χ1v) is 8.94. The molecule has 1 aliphatic heterocycles. The molecule has 0 aromatic heterocycles. The van der Waals surface area contributed by atoms with E-state index < -0.39 is 26.6 Å². The average molecular weight is 381 g/mol. The summed E-state index contributed by atoms with van der Waals surface area (Å²) in [6.07, 6.45) is 1.78. The molecule has 1 saturated heterocycles. The lowest BCUT2D eigenvalue weighted by atomic mass is 9.98. The second kappa shape index (κ2) is 5.26. The summed E-state index contributed by atoms with van der Waals surface area (Å²) in [6, 6.07) is 1.55. The SMILES string of the molecule is NC1CCC2CN(S(=O)(=O)c3cc(F)c(Br)cc3F)CC12. The Balaban J connectivity index is 1.94. The Labute approximate surface area is 130 Å². The quantitative estimate of drug-likeness (QED) is 0.798. The summed E-state index contributed by atoms with van der Waals surface area (Å²) >= 11 is 2.84. The van der Waals surface area contributed by atoms with Crippen LogP contribution in [0, 0.1) is 23.5 Å². The van der Waals surface area contributed by atoms with Crippen LogP contribution in [-0.2, 0) is 10.0 Å². The molecule has 3 atom stereocenters. The van der Waals surface area contributed by atoms with Crippen molar-refractivity contribution in [3.8, 4) is 0 Å². The Morgan fingerprint density at radius 1 is 1.19 bits per heavy atom. The maximum absolute atomic E-state index is 13.9. The number of hydrogen-bond donors (Lipinski definition) is 1. The van der Waals surface area contributed by atoms with Crippen LogP contribution in [0.3, 0.4) is 0 Å². The normalized spacial score (nSPS) is 29.8. The first-order valence-electron chi connectivity index (χ1n) is 6.71. The molecule has 1 aromatic carbocycles. The number of benzene rings is 1. The van der Waals surface area contributed by atoms with Gasteiger partial charge in [0.1, 0.15) is 16.5 Å². The molecule has 4 nitrogen and oxygen atoms in total. The third kappa shape index (κ3) is 2.52. The van der Waals surface area contributed by atoms with Crippen molar-refractivity contribution >= 4 is 26.0 Å². The lowest BCUT2D eigenvalue weighted by Gasteiger charge is -2.19. The lowest BCUT2D eigenvalue weighted by Crippen LogP contribution is -2.34. The molecule has 0 bridgehead atoms. The zero-order chi connectivity index (χ0) is 15.4. The van der Waals surface area contributed by atoms with E-state index in [0.29, 0.717) is 6.54 Å². The summed E-state index contributed by atoms with van der Waals surface area (Å²) in [5.74, 6) is -1.42. The van der Waals surface area contributed by atoms with Crippen LogP contribution in [0.2, 0.25) is 0 Å². The standard InChI is InChI=1S/C13H15BrF2N2O2S/c14-9-3-11(16)13(4-10(9)15)21(19,20)18-5-7-1-2-12(17)8(7)6-18/h3-4,7-8,12H,1-2,5-6,17H2. The van der Waals surface area contributed by atoms with E-state index in [9.17, 15) is 17.2 Å². The van der Waals surface area contributed by atoms with E-state index >= 15 is 0 Å². The van der Waals surface area contributed by atoms with Crippen molar-refractivity contribution in [2.75, 3.05) is 13.1 Å². The van der Waals surface area contributed by atoms with Crippen molar-refractivity contribution < 1.29 is 17.2 Å². The molecule has 0 radical (unpaired) electrons. The molecule has 2 aliphatic rings. The van der Waals surface area contributed by atoms with Crippen LogP contribution in [-0.4, -0.2) is 31.9 Å². The Bertz CT molecular complexity index is 683. The lowest BCUT2D eigenvalue weighted by molar-refractivity contribution is 0.423. The minimum absolute atomic E-state index is 0.0123. The predicted octanol–water partition coefficient (Wildman–Crippen LogP) is 2.09. The van der Waals surface area contributed by atoms with Crippen LogP contribution in [0.15, 0.2) is 21.5 Å². The Morgan fingerprint density at radius 2 is 1.90 bits per heavy atom. The van der Waals surface area contributed by atoms with Crippen LogP contribution < -0.4 is 5.73 Å². The van der Waals surface area contributed by atoms with Gasteiger partial charge in [-0.3, -0.25) is 0 Å². The maximum Gasteiger partial charge on any atom is 0.246 e.